The van der Waals surface area contributed by atoms with Gasteiger partial charge in [-0.15, -0.1) is 0 Å². The van der Waals surface area contributed by atoms with Gasteiger partial charge in [0.25, 0.3) is 5.69 Å². The fourth-order valence-corrected chi connectivity index (χ4v) is 3.31. The van der Waals surface area contributed by atoms with Crippen LogP contribution in [0.1, 0.15) is 39.7 Å². The van der Waals surface area contributed by atoms with E-state index in [-0.39, 0.29) is 16.4 Å². The number of carbonyl (C=O) groups is 1. The number of nitrogens with zero attached hydrogens (tertiary/aromatic N) is 2. The molecule has 3 rings (SSSR count). The van der Waals surface area contributed by atoms with E-state index < -0.39 is 0 Å². The average molecular weight is 361 g/mol. The van der Waals surface area contributed by atoms with Crippen molar-refractivity contribution in [3.63, 3.8) is 0 Å². The van der Waals surface area contributed by atoms with Crippen molar-refractivity contribution in [1.82, 2.24) is 4.98 Å². The Balaban J connectivity index is 2.24. The summed E-state index contributed by atoms with van der Waals surface area (Å²) < 4.78 is 0.800. The third-order valence-corrected chi connectivity index (χ3v) is 4.40. The highest BCUT2D eigenvalue weighted by atomic mass is 79.9. The third-order valence-electron chi connectivity index (χ3n) is 3.97. The van der Waals surface area contributed by atoms with Crippen molar-refractivity contribution in [2.75, 3.05) is 0 Å². The predicted octanol–water partition coefficient (Wildman–Crippen LogP) is 3.64. The van der Waals surface area contributed by atoms with E-state index in [0.717, 1.165) is 10.0 Å². The van der Waals surface area contributed by atoms with Crippen LogP contribution in [0, 0.1) is 10.1 Å². The number of pyridine rings is 1. The van der Waals surface area contributed by atoms with Crippen LogP contribution in [-0.4, -0.2) is 15.7 Å². The minimum Gasteiger partial charge on any atom is -0.287 e. The number of benzene rings is 1. The maximum Gasteiger partial charge on any atom is 0.276 e. The first-order valence-corrected chi connectivity index (χ1v) is 7.80. The first kappa shape index (κ1) is 14.8. The van der Waals surface area contributed by atoms with Crippen LogP contribution in [0.15, 0.2) is 28.9 Å². The monoisotopic (exact) mass is 360 g/mol. The summed E-state index contributed by atoms with van der Waals surface area (Å²) in [5.41, 5.74) is 2.89. The highest BCUT2D eigenvalue weighted by molar-refractivity contribution is 9.10. The topological polar surface area (TPSA) is 73.1 Å². The second-order valence-corrected chi connectivity index (χ2v) is 6.12. The Morgan fingerprint density at radius 3 is 2.82 bits per heavy atom. The van der Waals surface area contributed by atoms with Crippen molar-refractivity contribution in [2.45, 2.75) is 26.2 Å². The molecule has 112 valence electrons. The van der Waals surface area contributed by atoms with Crippen molar-refractivity contribution >= 4 is 27.4 Å². The fourth-order valence-electron chi connectivity index (χ4n) is 2.93. The minimum absolute atomic E-state index is 0.0835. The molecule has 0 unspecified atom stereocenters. The number of ketones is 1. The average Bonchev–Trinajstić information content (AvgIpc) is 2.63. The van der Waals surface area contributed by atoms with Gasteiger partial charge in [-0.2, -0.15) is 0 Å². The van der Waals surface area contributed by atoms with Crippen LogP contribution in [0.5, 0.6) is 0 Å². The van der Waals surface area contributed by atoms with Crippen LogP contribution in [-0.2, 0) is 19.3 Å². The van der Waals surface area contributed by atoms with E-state index in [2.05, 4.69) is 20.9 Å². The van der Waals surface area contributed by atoms with E-state index in [4.69, 9.17) is 0 Å². The maximum absolute atomic E-state index is 12.7. The number of aryl methyl sites for hydroxylation is 2. The minimum atomic E-state index is -0.371. The van der Waals surface area contributed by atoms with Gasteiger partial charge in [-0.25, -0.2) is 0 Å². The molecule has 0 aliphatic heterocycles. The number of nitro benzene ring substituents is 1. The molecule has 2 aromatic rings. The number of fused-ring (bicyclic) bond motifs is 2. The van der Waals surface area contributed by atoms with Gasteiger partial charge in [0.2, 0.25) is 5.78 Å². The lowest BCUT2D eigenvalue weighted by Gasteiger charge is -2.09. The molecule has 0 radical (unpaired) electrons. The van der Waals surface area contributed by atoms with Gasteiger partial charge in [-0.1, -0.05) is 13.0 Å². The van der Waals surface area contributed by atoms with E-state index in [1.165, 1.54) is 0 Å². The summed E-state index contributed by atoms with van der Waals surface area (Å²) in [7, 11) is 0. The van der Waals surface area contributed by atoms with Gasteiger partial charge in [0, 0.05) is 27.4 Å². The van der Waals surface area contributed by atoms with Crippen LogP contribution >= 0.6 is 15.9 Å². The van der Waals surface area contributed by atoms with Crippen LogP contribution < -0.4 is 0 Å². The Labute approximate surface area is 135 Å². The zero-order valence-electron chi connectivity index (χ0n) is 11.9. The van der Waals surface area contributed by atoms with Crippen molar-refractivity contribution in [1.29, 1.82) is 0 Å². The first-order chi connectivity index (χ1) is 10.5. The molecule has 22 heavy (non-hydrogen) atoms. The molecule has 1 aromatic heterocycles. The van der Waals surface area contributed by atoms with Gasteiger partial charge >= 0.3 is 0 Å². The van der Waals surface area contributed by atoms with E-state index in [9.17, 15) is 14.9 Å². The largest absolute Gasteiger partial charge is 0.287 e. The summed E-state index contributed by atoms with van der Waals surface area (Å²) >= 11 is 3.35. The molecular weight excluding hydrogens is 348 g/mol. The Morgan fingerprint density at radius 2 is 2.14 bits per heavy atom. The molecule has 1 aliphatic carbocycles. The van der Waals surface area contributed by atoms with Crippen LogP contribution in [0.4, 0.5) is 5.69 Å². The molecule has 0 saturated carbocycles. The predicted molar refractivity (Wildman–Crippen MR) is 85.3 cm³/mol. The summed E-state index contributed by atoms with van der Waals surface area (Å²) in [6, 6.07) is 5.24. The third kappa shape index (κ3) is 2.33. The van der Waals surface area contributed by atoms with Gasteiger partial charge in [0.05, 0.1) is 4.92 Å². The number of carbonyl (C=O) groups excluding carboxylic acids is 1. The number of halogens is 1. The molecule has 0 bridgehead atoms. The number of aromatic nitrogens is 1. The standard InChI is InChI=1S/C16H13BrN2O3/c1-2-9-3-6-13-12(15(9)19(21)22)5-4-10-7-11(17)8-18-14(10)16(13)20/h3,6-8H,2,4-5H2,1H3. The highest BCUT2D eigenvalue weighted by Crippen LogP contribution is 2.33. The zero-order chi connectivity index (χ0) is 15.9. The normalized spacial score (nSPS) is 13.3. The molecule has 6 heteroatoms. The van der Waals surface area contributed by atoms with Crippen molar-refractivity contribution < 1.29 is 9.72 Å². The lowest BCUT2D eigenvalue weighted by Crippen LogP contribution is -2.09. The number of hydrogen-bond donors (Lipinski definition) is 0. The van der Waals surface area contributed by atoms with Crippen molar-refractivity contribution in [3.8, 4) is 0 Å². The highest BCUT2D eigenvalue weighted by Gasteiger charge is 2.29. The van der Waals surface area contributed by atoms with E-state index in [1.54, 1.807) is 18.3 Å². The smallest absolute Gasteiger partial charge is 0.276 e. The molecule has 0 saturated heterocycles. The van der Waals surface area contributed by atoms with Gasteiger partial charge in [0.15, 0.2) is 0 Å². The molecule has 0 amide bonds. The molecule has 5 nitrogen and oxygen atoms in total. The molecule has 1 heterocycles. The summed E-state index contributed by atoms with van der Waals surface area (Å²) in [5, 5.41) is 11.5. The lowest BCUT2D eigenvalue weighted by molar-refractivity contribution is -0.386. The van der Waals surface area contributed by atoms with Crippen molar-refractivity contribution in [3.05, 3.63) is 66.9 Å². The number of hydrogen-bond acceptors (Lipinski definition) is 4. The lowest BCUT2D eigenvalue weighted by atomic mass is 9.95. The Hall–Kier alpha value is -2.08. The van der Waals surface area contributed by atoms with Crippen molar-refractivity contribution in [2.24, 2.45) is 0 Å². The van der Waals surface area contributed by atoms with Crippen LogP contribution in [0.2, 0.25) is 0 Å². The Morgan fingerprint density at radius 1 is 1.36 bits per heavy atom. The van der Waals surface area contributed by atoms with Crippen LogP contribution in [0.3, 0.4) is 0 Å². The molecule has 0 N–H and O–H groups in total. The maximum atomic E-state index is 12.7. The van der Waals surface area contributed by atoms with Gasteiger partial charge < -0.3 is 0 Å². The summed E-state index contributed by atoms with van der Waals surface area (Å²) in [5.74, 6) is -0.235. The number of nitro groups is 1. The number of rotatable bonds is 2. The van der Waals surface area contributed by atoms with Gasteiger partial charge in [-0.05, 0) is 52.9 Å². The SMILES string of the molecule is CCc1ccc2c(c1[N+](=O)[O-])CCc1cc(Br)cnc1C2=O. The summed E-state index contributed by atoms with van der Waals surface area (Å²) in [6.45, 7) is 1.88. The van der Waals surface area contributed by atoms with Gasteiger partial charge in [0.1, 0.15) is 5.69 Å². The molecule has 0 spiro atoms. The Kier molecular flexibility index (Phi) is 3.78. The summed E-state index contributed by atoms with van der Waals surface area (Å²) in [4.78, 5) is 28.0. The molecule has 1 aromatic carbocycles. The van der Waals surface area contributed by atoms with Gasteiger partial charge in [-0.3, -0.25) is 19.9 Å². The molecular formula is C16H13BrN2O3. The van der Waals surface area contributed by atoms with Crippen LogP contribution in [0.25, 0.3) is 0 Å². The quantitative estimate of drug-likeness (QED) is 0.605. The summed E-state index contributed by atoms with van der Waals surface area (Å²) in [6.07, 6.45) is 3.18. The Bertz CT molecular complexity index is 802. The van der Waals surface area contributed by atoms with E-state index in [0.29, 0.717) is 41.6 Å². The second-order valence-electron chi connectivity index (χ2n) is 5.20. The van der Waals surface area contributed by atoms with E-state index in [1.807, 2.05) is 13.0 Å². The first-order valence-electron chi connectivity index (χ1n) is 7.01. The molecule has 0 fully saturated rings. The fraction of sp³-hybridized carbons (Fsp3) is 0.250. The zero-order valence-corrected chi connectivity index (χ0v) is 13.5. The second kappa shape index (κ2) is 5.61. The van der Waals surface area contributed by atoms with E-state index >= 15 is 0 Å². The molecule has 0 atom stereocenters. The molecule has 1 aliphatic rings.